The molecule has 1 N–H and O–H groups in total. The van der Waals surface area contributed by atoms with Crippen molar-refractivity contribution in [1.29, 1.82) is 0 Å². The van der Waals surface area contributed by atoms with Gasteiger partial charge in [0, 0.05) is 24.1 Å². The van der Waals surface area contributed by atoms with Crippen LogP contribution in [0.1, 0.15) is 33.0 Å². The third kappa shape index (κ3) is 3.50. The lowest BCUT2D eigenvalue weighted by Gasteiger charge is -2.11. The molecule has 0 aliphatic heterocycles. The zero-order chi connectivity index (χ0) is 22.3. The molecule has 0 saturated heterocycles. The molecule has 31 heavy (non-hydrogen) atoms. The van der Waals surface area contributed by atoms with Gasteiger partial charge in [0.2, 0.25) is 0 Å². The maximum atomic E-state index is 13.2. The predicted octanol–water partition coefficient (Wildman–Crippen LogP) is 4.45. The van der Waals surface area contributed by atoms with E-state index in [1.165, 1.54) is 0 Å². The number of aromatic nitrogens is 3. The lowest BCUT2D eigenvalue weighted by Crippen LogP contribution is -2.23. The van der Waals surface area contributed by atoms with Gasteiger partial charge in [0.15, 0.2) is 0 Å². The summed E-state index contributed by atoms with van der Waals surface area (Å²) in [5, 5.41) is 2.86. The molecule has 0 fully saturated rings. The second kappa shape index (κ2) is 7.80. The average Bonchev–Trinajstić information content (AvgIpc) is 3.16. The Bertz CT molecular complexity index is 1340. The van der Waals surface area contributed by atoms with E-state index < -0.39 is 0 Å². The minimum Gasteiger partial charge on any atom is -0.318 e. The van der Waals surface area contributed by atoms with Gasteiger partial charge < -0.3 is 9.88 Å². The Morgan fingerprint density at radius 2 is 1.52 bits per heavy atom. The van der Waals surface area contributed by atoms with E-state index in [4.69, 9.17) is 0 Å². The van der Waals surface area contributed by atoms with Gasteiger partial charge in [0.25, 0.3) is 11.5 Å². The van der Waals surface area contributed by atoms with E-state index in [0.717, 1.165) is 28.3 Å². The lowest BCUT2D eigenvalue weighted by atomic mass is 10.2. The Labute approximate surface area is 181 Å². The first-order chi connectivity index (χ1) is 14.8. The maximum Gasteiger partial charge on any atom is 0.295 e. The number of carbonyl (C=O) groups is 1. The first kappa shape index (κ1) is 20.5. The highest BCUT2D eigenvalue weighted by Crippen LogP contribution is 2.23. The number of anilines is 1. The number of rotatable bonds is 4. The summed E-state index contributed by atoms with van der Waals surface area (Å²) in [5.41, 5.74) is 5.97. The van der Waals surface area contributed by atoms with E-state index in [-0.39, 0.29) is 17.2 Å². The third-order valence-electron chi connectivity index (χ3n) is 5.73. The number of amides is 1. The lowest BCUT2D eigenvalue weighted by molar-refractivity contribution is 0.102. The number of para-hydroxylation sites is 1. The summed E-state index contributed by atoms with van der Waals surface area (Å²) in [6.07, 6.45) is 0. The molecule has 0 unspecified atom stereocenters. The van der Waals surface area contributed by atoms with Crippen LogP contribution in [0.25, 0.3) is 11.4 Å². The smallest absolute Gasteiger partial charge is 0.295 e. The van der Waals surface area contributed by atoms with E-state index in [1.54, 1.807) is 9.36 Å². The molecule has 0 spiro atoms. The van der Waals surface area contributed by atoms with Crippen LogP contribution in [0, 0.1) is 27.7 Å². The number of carbonyl (C=O) groups excluding carboxylic acids is 1. The highest BCUT2D eigenvalue weighted by Gasteiger charge is 2.22. The molecular weight excluding hydrogens is 388 g/mol. The number of nitrogens with zero attached hydrogens (tertiary/aromatic N) is 3. The van der Waals surface area contributed by atoms with Gasteiger partial charge in [0.1, 0.15) is 5.69 Å². The quantitative estimate of drug-likeness (QED) is 0.536. The van der Waals surface area contributed by atoms with E-state index in [0.29, 0.717) is 11.3 Å². The summed E-state index contributed by atoms with van der Waals surface area (Å²) in [5.74, 6) is -0.294. The second-order valence-corrected chi connectivity index (χ2v) is 7.85. The van der Waals surface area contributed by atoms with Crippen LogP contribution >= 0.6 is 0 Å². The molecule has 4 rings (SSSR count). The zero-order valence-electron chi connectivity index (χ0n) is 18.4. The molecule has 0 saturated carbocycles. The normalized spacial score (nSPS) is 11.0. The summed E-state index contributed by atoms with van der Waals surface area (Å²) in [7, 11) is 1.81. The van der Waals surface area contributed by atoms with Crippen molar-refractivity contribution in [1.82, 2.24) is 13.9 Å². The van der Waals surface area contributed by atoms with Crippen LogP contribution in [0.15, 0.2) is 65.5 Å². The van der Waals surface area contributed by atoms with Gasteiger partial charge in [-0.1, -0.05) is 30.3 Å². The molecule has 2 heterocycles. The highest BCUT2D eigenvalue weighted by atomic mass is 16.2. The van der Waals surface area contributed by atoms with Gasteiger partial charge in [-0.3, -0.25) is 14.3 Å². The topological polar surface area (TPSA) is 61.0 Å². The molecule has 0 atom stereocenters. The van der Waals surface area contributed by atoms with Crippen LogP contribution in [0.5, 0.6) is 0 Å². The van der Waals surface area contributed by atoms with E-state index >= 15 is 0 Å². The van der Waals surface area contributed by atoms with Gasteiger partial charge in [-0.25, -0.2) is 4.68 Å². The summed E-state index contributed by atoms with van der Waals surface area (Å²) >= 11 is 0. The number of hydrogen-bond acceptors (Lipinski definition) is 2. The average molecular weight is 415 g/mol. The summed E-state index contributed by atoms with van der Waals surface area (Å²) in [4.78, 5) is 26.3. The number of nitrogens with one attached hydrogen (secondary N) is 1. The molecule has 0 bridgehead atoms. The van der Waals surface area contributed by atoms with Crippen molar-refractivity contribution in [2.24, 2.45) is 7.05 Å². The van der Waals surface area contributed by atoms with Crippen molar-refractivity contribution in [3.8, 4) is 11.4 Å². The van der Waals surface area contributed by atoms with Crippen LogP contribution in [0.2, 0.25) is 0 Å². The van der Waals surface area contributed by atoms with Crippen molar-refractivity contribution in [2.45, 2.75) is 27.7 Å². The molecule has 1 amide bonds. The molecule has 6 nitrogen and oxygen atoms in total. The van der Waals surface area contributed by atoms with Crippen molar-refractivity contribution >= 4 is 11.6 Å². The molecular formula is C25H26N4O2. The largest absolute Gasteiger partial charge is 0.318 e. The van der Waals surface area contributed by atoms with Crippen molar-refractivity contribution in [2.75, 3.05) is 5.32 Å². The summed E-state index contributed by atoms with van der Waals surface area (Å²) in [6, 6.07) is 19.4. The monoisotopic (exact) mass is 414 g/mol. The molecule has 0 radical (unpaired) electrons. The molecule has 4 aromatic rings. The van der Waals surface area contributed by atoms with Crippen molar-refractivity contribution in [3.63, 3.8) is 0 Å². The van der Waals surface area contributed by atoms with Crippen LogP contribution < -0.4 is 10.9 Å². The fourth-order valence-electron chi connectivity index (χ4n) is 4.05. The molecule has 2 aromatic carbocycles. The van der Waals surface area contributed by atoms with Gasteiger partial charge in [0.05, 0.1) is 16.9 Å². The molecule has 158 valence electrons. The standard InChI is InChI=1S/C25H26N4O2/c1-16-10-9-13-21(14-16)28-17(2)15-22(18(28)3)24(30)26-23-19(4)27(5)29(25(23)31)20-11-7-6-8-12-20/h6-15H,1-5H3,(H,26,30). The first-order valence-corrected chi connectivity index (χ1v) is 10.2. The Balaban J connectivity index is 1.72. The minimum absolute atomic E-state index is 0.257. The van der Waals surface area contributed by atoms with Gasteiger partial charge in [-0.15, -0.1) is 0 Å². The van der Waals surface area contributed by atoms with Gasteiger partial charge in [-0.2, -0.15) is 0 Å². The van der Waals surface area contributed by atoms with Crippen molar-refractivity contribution in [3.05, 3.63) is 99.2 Å². The fourth-order valence-corrected chi connectivity index (χ4v) is 4.05. The Hall–Kier alpha value is -3.80. The molecule has 2 aromatic heterocycles. The van der Waals surface area contributed by atoms with Crippen LogP contribution in [0.3, 0.4) is 0 Å². The fraction of sp³-hybridized carbons (Fsp3) is 0.200. The van der Waals surface area contributed by atoms with Crippen LogP contribution in [-0.2, 0) is 7.05 Å². The molecule has 6 heteroatoms. The number of aryl methyl sites for hydroxylation is 2. The van der Waals surface area contributed by atoms with Crippen molar-refractivity contribution < 1.29 is 4.79 Å². The molecule has 0 aliphatic rings. The Morgan fingerprint density at radius 1 is 0.839 bits per heavy atom. The van der Waals surface area contributed by atoms with Gasteiger partial charge in [-0.05, 0) is 63.6 Å². The SMILES string of the molecule is Cc1cccc(-n2c(C)cc(C(=O)Nc3c(C)n(C)n(-c4ccccc4)c3=O)c2C)c1. The minimum atomic E-state index is -0.294. The highest BCUT2D eigenvalue weighted by molar-refractivity contribution is 6.05. The van der Waals surface area contributed by atoms with Crippen LogP contribution in [0.4, 0.5) is 5.69 Å². The third-order valence-corrected chi connectivity index (χ3v) is 5.73. The predicted molar refractivity (Wildman–Crippen MR) is 124 cm³/mol. The first-order valence-electron chi connectivity index (χ1n) is 10.2. The van der Waals surface area contributed by atoms with Crippen LogP contribution in [-0.4, -0.2) is 19.8 Å². The Kier molecular flexibility index (Phi) is 5.15. The maximum absolute atomic E-state index is 13.2. The van der Waals surface area contributed by atoms with E-state index in [9.17, 15) is 9.59 Å². The second-order valence-electron chi connectivity index (χ2n) is 7.85. The molecule has 0 aliphatic carbocycles. The number of hydrogen-bond donors (Lipinski definition) is 1. The van der Waals surface area contributed by atoms with Gasteiger partial charge >= 0.3 is 0 Å². The van der Waals surface area contributed by atoms with E-state index in [1.807, 2.05) is 89.3 Å². The summed E-state index contributed by atoms with van der Waals surface area (Å²) < 4.78 is 5.37. The zero-order valence-corrected chi connectivity index (χ0v) is 18.4. The summed E-state index contributed by atoms with van der Waals surface area (Å²) in [6.45, 7) is 7.76. The Morgan fingerprint density at radius 3 is 2.19 bits per heavy atom. The van der Waals surface area contributed by atoms with E-state index in [2.05, 4.69) is 16.0 Å². The number of benzene rings is 2.